The van der Waals surface area contributed by atoms with Crippen molar-refractivity contribution in [1.82, 2.24) is 4.72 Å². The third kappa shape index (κ3) is 6.11. The standard InChI is InChI=1S/C21H28N2O6S/c1-6-19(29-16-9-7-8-15(12-16)27-4)21(24)22-18-13-17(10-11-20(18)28-5)30(25,26)23-14(2)3/h7-14,19,23H,6H2,1-5H3,(H,22,24). The molecule has 0 heterocycles. The molecule has 0 spiro atoms. The summed E-state index contributed by atoms with van der Waals surface area (Å²) >= 11 is 0. The van der Waals surface area contributed by atoms with E-state index in [1.807, 2.05) is 6.92 Å². The number of anilines is 1. The van der Waals surface area contributed by atoms with E-state index in [0.29, 0.717) is 23.7 Å². The van der Waals surface area contributed by atoms with Crippen molar-refractivity contribution in [2.45, 2.75) is 44.2 Å². The van der Waals surface area contributed by atoms with Crippen LogP contribution in [0.5, 0.6) is 17.2 Å². The Bertz CT molecular complexity index is 975. The Morgan fingerprint density at radius 2 is 1.73 bits per heavy atom. The lowest BCUT2D eigenvalue weighted by atomic mass is 10.2. The highest BCUT2D eigenvalue weighted by Crippen LogP contribution is 2.28. The molecule has 0 radical (unpaired) electrons. The molecule has 2 N–H and O–H groups in total. The van der Waals surface area contributed by atoms with Gasteiger partial charge in [-0.3, -0.25) is 4.79 Å². The van der Waals surface area contributed by atoms with Crippen LogP contribution in [0.15, 0.2) is 47.4 Å². The quantitative estimate of drug-likeness (QED) is 0.593. The summed E-state index contributed by atoms with van der Waals surface area (Å²) in [5, 5.41) is 2.71. The second-order valence-corrected chi connectivity index (χ2v) is 8.54. The van der Waals surface area contributed by atoms with Crippen molar-refractivity contribution in [3.05, 3.63) is 42.5 Å². The lowest BCUT2D eigenvalue weighted by Crippen LogP contribution is -2.33. The Morgan fingerprint density at radius 3 is 2.33 bits per heavy atom. The fraction of sp³-hybridized carbons (Fsp3) is 0.381. The molecular weight excluding hydrogens is 408 g/mol. The third-order valence-electron chi connectivity index (χ3n) is 4.11. The molecule has 0 fully saturated rings. The number of hydrogen-bond donors (Lipinski definition) is 2. The molecule has 1 unspecified atom stereocenters. The van der Waals surface area contributed by atoms with Crippen molar-refractivity contribution in [3.63, 3.8) is 0 Å². The minimum atomic E-state index is -3.73. The van der Waals surface area contributed by atoms with Crippen LogP contribution < -0.4 is 24.2 Å². The number of hydrogen-bond acceptors (Lipinski definition) is 6. The summed E-state index contributed by atoms with van der Waals surface area (Å²) in [5.74, 6) is 1.01. The normalized spacial score (nSPS) is 12.3. The van der Waals surface area contributed by atoms with Gasteiger partial charge in [0.25, 0.3) is 5.91 Å². The molecule has 0 bridgehead atoms. The van der Waals surface area contributed by atoms with Gasteiger partial charge in [0.2, 0.25) is 10.0 Å². The molecule has 164 valence electrons. The van der Waals surface area contributed by atoms with Crippen molar-refractivity contribution in [2.24, 2.45) is 0 Å². The Balaban J connectivity index is 2.25. The minimum Gasteiger partial charge on any atom is -0.497 e. The molecule has 0 saturated heterocycles. The van der Waals surface area contributed by atoms with Gasteiger partial charge in [-0.05, 0) is 50.6 Å². The molecule has 30 heavy (non-hydrogen) atoms. The average Bonchev–Trinajstić information content (AvgIpc) is 2.71. The third-order valence-corrected chi connectivity index (χ3v) is 5.77. The van der Waals surface area contributed by atoms with Crippen LogP contribution in [0.3, 0.4) is 0 Å². The first-order valence-electron chi connectivity index (χ1n) is 9.52. The van der Waals surface area contributed by atoms with E-state index in [1.165, 1.54) is 25.3 Å². The van der Waals surface area contributed by atoms with Gasteiger partial charge in [0.05, 0.1) is 24.8 Å². The van der Waals surface area contributed by atoms with Gasteiger partial charge < -0.3 is 19.5 Å². The highest BCUT2D eigenvalue weighted by atomic mass is 32.2. The molecule has 2 aromatic carbocycles. The van der Waals surface area contributed by atoms with E-state index in [2.05, 4.69) is 10.0 Å². The maximum atomic E-state index is 12.8. The van der Waals surface area contributed by atoms with Crippen LogP contribution in [0.1, 0.15) is 27.2 Å². The van der Waals surface area contributed by atoms with E-state index >= 15 is 0 Å². The molecule has 2 rings (SSSR count). The van der Waals surface area contributed by atoms with Crippen molar-refractivity contribution in [2.75, 3.05) is 19.5 Å². The van der Waals surface area contributed by atoms with Crippen molar-refractivity contribution >= 4 is 21.6 Å². The lowest BCUT2D eigenvalue weighted by molar-refractivity contribution is -0.122. The molecule has 9 heteroatoms. The number of ether oxygens (including phenoxy) is 3. The summed E-state index contributed by atoms with van der Waals surface area (Å²) in [7, 11) is -0.741. The highest BCUT2D eigenvalue weighted by molar-refractivity contribution is 7.89. The van der Waals surface area contributed by atoms with Gasteiger partial charge in [-0.15, -0.1) is 0 Å². The maximum absolute atomic E-state index is 12.8. The van der Waals surface area contributed by atoms with Crippen LogP contribution >= 0.6 is 0 Å². The van der Waals surface area contributed by atoms with Gasteiger partial charge in [-0.2, -0.15) is 0 Å². The van der Waals surface area contributed by atoms with Gasteiger partial charge in [-0.1, -0.05) is 13.0 Å². The smallest absolute Gasteiger partial charge is 0.265 e. The number of sulfonamides is 1. The predicted octanol–water partition coefficient (Wildman–Crippen LogP) is 3.19. The Morgan fingerprint density at radius 1 is 1.03 bits per heavy atom. The summed E-state index contributed by atoms with van der Waals surface area (Å²) in [6.07, 6.45) is -0.394. The lowest BCUT2D eigenvalue weighted by Gasteiger charge is -2.19. The van der Waals surface area contributed by atoms with E-state index in [-0.39, 0.29) is 16.6 Å². The number of benzene rings is 2. The molecule has 0 saturated carbocycles. The van der Waals surface area contributed by atoms with Crippen LogP contribution in [-0.4, -0.2) is 40.7 Å². The predicted molar refractivity (Wildman–Crippen MR) is 115 cm³/mol. The van der Waals surface area contributed by atoms with Gasteiger partial charge >= 0.3 is 0 Å². The van der Waals surface area contributed by atoms with E-state index < -0.39 is 22.0 Å². The summed E-state index contributed by atoms with van der Waals surface area (Å²) in [5.41, 5.74) is 0.238. The molecule has 0 aliphatic rings. The minimum absolute atomic E-state index is 0.0223. The second kappa shape index (κ2) is 10.3. The number of nitrogens with one attached hydrogen (secondary N) is 2. The van der Waals surface area contributed by atoms with Crippen LogP contribution in [0.4, 0.5) is 5.69 Å². The molecule has 0 aliphatic carbocycles. The molecule has 1 amide bonds. The van der Waals surface area contributed by atoms with Crippen LogP contribution in [0.2, 0.25) is 0 Å². The summed E-state index contributed by atoms with van der Waals surface area (Å²) in [4.78, 5) is 12.8. The number of rotatable bonds is 10. The zero-order valence-corrected chi connectivity index (χ0v) is 18.6. The molecule has 1 atom stereocenters. The fourth-order valence-corrected chi connectivity index (χ4v) is 3.98. The number of amides is 1. The van der Waals surface area contributed by atoms with E-state index in [1.54, 1.807) is 45.2 Å². The highest BCUT2D eigenvalue weighted by Gasteiger charge is 2.22. The first-order valence-corrected chi connectivity index (χ1v) is 11.0. The fourth-order valence-electron chi connectivity index (χ4n) is 2.70. The number of methoxy groups -OCH3 is 2. The Kier molecular flexibility index (Phi) is 8.08. The maximum Gasteiger partial charge on any atom is 0.265 e. The molecule has 0 aromatic heterocycles. The van der Waals surface area contributed by atoms with Gasteiger partial charge in [0.1, 0.15) is 17.2 Å². The van der Waals surface area contributed by atoms with E-state index in [4.69, 9.17) is 14.2 Å². The first-order chi connectivity index (χ1) is 14.2. The Labute approximate surface area is 177 Å². The zero-order chi connectivity index (χ0) is 22.3. The molecule has 2 aromatic rings. The zero-order valence-electron chi connectivity index (χ0n) is 17.8. The van der Waals surface area contributed by atoms with Crippen LogP contribution in [-0.2, 0) is 14.8 Å². The van der Waals surface area contributed by atoms with Crippen molar-refractivity contribution in [1.29, 1.82) is 0 Å². The van der Waals surface area contributed by atoms with Gasteiger partial charge in [0, 0.05) is 12.1 Å². The topological polar surface area (TPSA) is 103 Å². The van der Waals surface area contributed by atoms with Gasteiger partial charge in [0.15, 0.2) is 6.10 Å². The van der Waals surface area contributed by atoms with E-state index in [9.17, 15) is 13.2 Å². The van der Waals surface area contributed by atoms with Crippen LogP contribution in [0.25, 0.3) is 0 Å². The molecule has 0 aliphatic heterocycles. The summed E-state index contributed by atoms with van der Waals surface area (Å²) in [6, 6.07) is 11.0. The first kappa shape index (κ1) is 23.5. The SMILES string of the molecule is CCC(Oc1cccc(OC)c1)C(=O)Nc1cc(S(=O)(=O)NC(C)C)ccc1OC. The van der Waals surface area contributed by atoms with Gasteiger partial charge in [-0.25, -0.2) is 13.1 Å². The number of carbonyl (C=O) groups is 1. The van der Waals surface area contributed by atoms with Crippen LogP contribution in [0, 0.1) is 0 Å². The largest absolute Gasteiger partial charge is 0.497 e. The van der Waals surface area contributed by atoms with Crippen molar-refractivity contribution in [3.8, 4) is 17.2 Å². The summed E-state index contributed by atoms with van der Waals surface area (Å²) < 4.78 is 43.7. The average molecular weight is 437 g/mol. The second-order valence-electron chi connectivity index (χ2n) is 6.82. The van der Waals surface area contributed by atoms with Crippen molar-refractivity contribution < 1.29 is 27.4 Å². The monoisotopic (exact) mass is 436 g/mol. The molecule has 8 nitrogen and oxygen atoms in total. The number of carbonyl (C=O) groups excluding carboxylic acids is 1. The van der Waals surface area contributed by atoms with E-state index in [0.717, 1.165) is 0 Å². The molecular formula is C21H28N2O6S. The summed E-state index contributed by atoms with van der Waals surface area (Å²) in [6.45, 7) is 5.27. The Hall–Kier alpha value is -2.78.